The molecule has 0 bridgehead atoms. The highest BCUT2D eigenvalue weighted by molar-refractivity contribution is 5.93. The lowest BCUT2D eigenvalue weighted by molar-refractivity contribution is -0.114. The first-order valence-corrected chi connectivity index (χ1v) is 9.96. The van der Waals surface area contributed by atoms with Crippen LogP contribution in [0.4, 0.5) is 4.79 Å². The van der Waals surface area contributed by atoms with Crippen molar-refractivity contribution in [3.8, 4) is 0 Å². The molecule has 0 spiro atoms. The maximum Gasteiger partial charge on any atom is 0.341 e. The van der Waals surface area contributed by atoms with Crippen LogP contribution in [0.1, 0.15) is 70.8 Å². The molecule has 1 rings (SSSR count). The number of unbranched alkanes of at least 4 members (excludes halogenated alkanes) is 4. The molecule has 0 saturated heterocycles. The van der Waals surface area contributed by atoms with Gasteiger partial charge >= 0.3 is 6.03 Å². The van der Waals surface area contributed by atoms with Gasteiger partial charge in [0.25, 0.3) is 0 Å². The number of nitrogens with one attached hydrogen (secondary N) is 1. The smallest absolute Gasteiger partial charge is 0.341 e. The Kier molecular flexibility index (Phi) is 11.5. The van der Waals surface area contributed by atoms with Gasteiger partial charge in [-0.1, -0.05) is 69.9 Å². The van der Waals surface area contributed by atoms with E-state index >= 15 is 0 Å². The van der Waals surface area contributed by atoms with Crippen molar-refractivity contribution in [1.29, 1.82) is 0 Å². The average Bonchev–Trinajstić information content (AvgIpc) is 2.67. The number of carbonyl (C=O) groups is 2. The Bertz CT molecular complexity index is 636. The van der Waals surface area contributed by atoms with Crippen molar-refractivity contribution in [3.05, 3.63) is 47.0 Å². The van der Waals surface area contributed by atoms with Gasteiger partial charge in [-0.25, -0.2) is 9.79 Å². The third kappa shape index (κ3) is 9.73. The Labute approximate surface area is 163 Å². The first-order chi connectivity index (χ1) is 13.1. The fourth-order valence-electron chi connectivity index (χ4n) is 2.86. The highest BCUT2D eigenvalue weighted by Gasteiger charge is 2.13. The largest absolute Gasteiger partial charge is 0.366 e. The number of nitrogens with two attached hydrogens (primary N) is 1. The molecule has 27 heavy (non-hydrogen) atoms. The molecule has 148 valence electrons. The Morgan fingerprint density at radius 2 is 1.63 bits per heavy atom. The minimum atomic E-state index is -0.413. The number of primary amides is 1. The van der Waals surface area contributed by atoms with Gasteiger partial charge < -0.3 is 11.1 Å². The number of carbonyl (C=O) groups excluding carboxylic acids is 2. The maximum atomic E-state index is 12.1. The van der Waals surface area contributed by atoms with E-state index in [9.17, 15) is 9.59 Å². The first kappa shape index (κ1) is 22.6. The quantitative estimate of drug-likeness (QED) is 0.315. The summed E-state index contributed by atoms with van der Waals surface area (Å²) in [6.45, 7) is 4.58. The van der Waals surface area contributed by atoms with Crippen LogP contribution < -0.4 is 11.1 Å². The van der Waals surface area contributed by atoms with Gasteiger partial charge in [0.2, 0.25) is 5.91 Å². The second-order valence-electron chi connectivity index (χ2n) is 6.69. The van der Waals surface area contributed by atoms with Crippen LogP contribution in [0.25, 0.3) is 0 Å². The molecule has 5 nitrogen and oxygen atoms in total. The van der Waals surface area contributed by atoms with Gasteiger partial charge in [-0.05, 0) is 36.8 Å². The summed E-state index contributed by atoms with van der Waals surface area (Å²) < 4.78 is 0. The van der Waals surface area contributed by atoms with Crippen LogP contribution in [0.5, 0.6) is 0 Å². The molecule has 0 fully saturated rings. The average molecular weight is 372 g/mol. The van der Waals surface area contributed by atoms with E-state index in [1.165, 1.54) is 6.21 Å². The Morgan fingerprint density at radius 3 is 2.22 bits per heavy atom. The van der Waals surface area contributed by atoms with Crippen LogP contribution in [0.3, 0.4) is 0 Å². The molecule has 0 unspecified atom stereocenters. The maximum absolute atomic E-state index is 12.1. The summed E-state index contributed by atoms with van der Waals surface area (Å²) in [5.74, 6) is -0.375. The van der Waals surface area contributed by atoms with Gasteiger partial charge in [0, 0.05) is 18.3 Å². The molecule has 5 heteroatoms. The van der Waals surface area contributed by atoms with Crippen molar-refractivity contribution in [2.75, 3.05) is 6.54 Å². The van der Waals surface area contributed by atoms with Crippen molar-refractivity contribution in [2.24, 2.45) is 10.7 Å². The van der Waals surface area contributed by atoms with Crippen molar-refractivity contribution in [2.45, 2.75) is 65.2 Å². The van der Waals surface area contributed by atoms with Gasteiger partial charge in [-0.3, -0.25) is 4.79 Å². The molecule has 0 aliphatic carbocycles. The van der Waals surface area contributed by atoms with Gasteiger partial charge in [0.1, 0.15) is 0 Å². The van der Waals surface area contributed by atoms with E-state index in [4.69, 9.17) is 5.73 Å². The molecule has 0 aliphatic heterocycles. The van der Waals surface area contributed by atoms with E-state index in [0.29, 0.717) is 18.5 Å². The van der Waals surface area contributed by atoms with Crippen LogP contribution in [0.2, 0.25) is 0 Å². The number of hydrogen-bond acceptors (Lipinski definition) is 2. The molecule has 0 aliphatic rings. The predicted molar refractivity (Wildman–Crippen MR) is 112 cm³/mol. The number of benzene rings is 1. The lowest BCUT2D eigenvalue weighted by atomic mass is 9.96. The van der Waals surface area contributed by atoms with Gasteiger partial charge in [0.05, 0.1) is 0 Å². The van der Waals surface area contributed by atoms with Crippen molar-refractivity contribution < 1.29 is 9.59 Å². The van der Waals surface area contributed by atoms with Gasteiger partial charge in [-0.15, -0.1) is 0 Å². The summed E-state index contributed by atoms with van der Waals surface area (Å²) in [6.07, 6.45) is 9.24. The zero-order chi connectivity index (χ0) is 19.9. The van der Waals surface area contributed by atoms with E-state index in [2.05, 4.69) is 24.2 Å². The summed E-state index contributed by atoms with van der Waals surface area (Å²) in [6, 6.07) is 9.04. The van der Waals surface area contributed by atoms with E-state index in [1.54, 1.807) is 0 Å². The van der Waals surface area contributed by atoms with Crippen LogP contribution in [-0.2, 0) is 4.79 Å². The highest BCUT2D eigenvalue weighted by atomic mass is 16.2. The molecule has 3 N–H and O–H groups in total. The van der Waals surface area contributed by atoms with Crippen molar-refractivity contribution in [3.63, 3.8) is 0 Å². The first-order valence-electron chi connectivity index (χ1n) is 9.96. The number of aliphatic imine (C=N–C) groups is 1. The van der Waals surface area contributed by atoms with Crippen molar-refractivity contribution >= 4 is 18.2 Å². The molecule has 0 radical (unpaired) electrons. The summed E-state index contributed by atoms with van der Waals surface area (Å²) in [7, 11) is 0. The van der Waals surface area contributed by atoms with Crippen LogP contribution in [0, 0.1) is 0 Å². The Morgan fingerprint density at radius 1 is 1.00 bits per heavy atom. The normalized spacial score (nSPS) is 12.1. The molecule has 0 heterocycles. The minimum Gasteiger partial charge on any atom is -0.366 e. The lowest BCUT2D eigenvalue weighted by Gasteiger charge is -2.14. The summed E-state index contributed by atoms with van der Waals surface area (Å²) in [5, 5.41) is 2.80. The van der Waals surface area contributed by atoms with E-state index < -0.39 is 6.03 Å². The van der Waals surface area contributed by atoms with E-state index in [0.717, 1.165) is 56.1 Å². The fraction of sp³-hybridized carbons (Fsp3) is 0.500. The summed E-state index contributed by atoms with van der Waals surface area (Å²) >= 11 is 0. The molecular weight excluding hydrogens is 338 g/mol. The highest BCUT2D eigenvalue weighted by Crippen LogP contribution is 2.18. The molecule has 1 aromatic rings. The fourth-order valence-corrected chi connectivity index (χ4v) is 2.86. The van der Waals surface area contributed by atoms with Crippen LogP contribution in [-0.4, -0.2) is 24.7 Å². The zero-order valence-corrected chi connectivity index (χ0v) is 16.7. The minimum absolute atomic E-state index is 0.319. The third-order valence-electron chi connectivity index (χ3n) is 4.42. The zero-order valence-electron chi connectivity index (χ0n) is 16.7. The number of urea groups is 1. The topological polar surface area (TPSA) is 84.6 Å². The summed E-state index contributed by atoms with van der Waals surface area (Å²) in [4.78, 5) is 27.9. The predicted octanol–water partition coefficient (Wildman–Crippen LogP) is 4.76. The Hall–Kier alpha value is -2.43. The molecule has 1 aromatic carbocycles. The molecule has 0 atom stereocenters. The van der Waals surface area contributed by atoms with E-state index in [-0.39, 0.29) is 5.91 Å². The van der Waals surface area contributed by atoms with Gasteiger partial charge in [0.15, 0.2) is 0 Å². The summed E-state index contributed by atoms with van der Waals surface area (Å²) in [5.41, 5.74) is 8.10. The van der Waals surface area contributed by atoms with Crippen LogP contribution >= 0.6 is 0 Å². The Balaban J connectivity index is 2.76. The standard InChI is InChI=1S/C22H33N3O2/c1-3-5-8-14-19(20(21(23)26)15-9-6-4-2)17-25-22(27)24-16-18-12-10-7-11-13-18/h7,10-13,16H,3-6,8-9,14-15,17H2,1-2H3,(H2,23,26)(H,25,27). The molecular formula is C22H33N3O2. The molecule has 0 aromatic heterocycles. The number of rotatable bonds is 12. The van der Waals surface area contributed by atoms with E-state index in [1.807, 2.05) is 30.3 Å². The number of hydrogen-bond donors (Lipinski definition) is 2. The monoisotopic (exact) mass is 371 g/mol. The van der Waals surface area contributed by atoms with Crippen LogP contribution in [0.15, 0.2) is 46.5 Å². The van der Waals surface area contributed by atoms with Crippen molar-refractivity contribution in [1.82, 2.24) is 5.32 Å². The number of nitrogens with zero attached hydrogens (tertiary/aromatic N) is 1. The number of amides is 3. The molecule has 3 amide bonds. The second kappa shape index (κ2) is 13.7. The van der Waals surface area contributed by atoms with Gasteiger partial charge in [-0.2, -0.15) is 0 Å². The second-order valence-corrected chi connectivity index (χ2v) is 6.69. The molecule has 0 saturated carbocycles. The lowest BCUT2D eigenvalue weighted by Crippen LogP contribution is -2.26. The SMILES string of the molecule is CCCCCC(CNC(=O)N=Cc1ccccc1)=C(CCCCC)C(N)=O. The third-order valence-corrected chi connectivity index (χ3v) is 4.42.